The molecule has 0 fully saturated rings. The second kappa shape index (κ2) is 13.2. The van der Waals surface area contributed by atoms with Gasteiger partial charge in [0.05, 0.1) is 34.8 Å². The molecule has 0 aliphatic rings. The first-order valence-electron chi connectivity index (χ1n) is 11.6. The highest BCUT2D eigenvalue weighted by atomic mass is 32.2. The van der Waals surface area contributed by atoms with Gasteiger partial charge in [-0.3, -0.25) is 0 Å². The van der Waals surface area contributed by atoms with Crippen LogP contribution < -0.4 is 15.2 Å². The standard InChI is InChI=1S/C27H21N5O8S/c1-3-37-22-14-21(23(38-4-2)13-20(22)30-29-18-7-5-6-16(10-18)27(34)35)31-32-25-24(41-40-39-36)11-15-8-9-17(28)12-19(15)26(25)33/h2,5-14,33,36H,3,28H2,1H3,(H,34,35). The molecule has 0 saturated heterocycles. The third-order valence-electron chi connectivity index (χ3n) is 5.36. The average molecular weight is 576 g/mol. The fourth-order valence-electron chi connectivity index (χ4n) is 3.60. The van der Waals surface area contributed by atoms with E-state index in [1.807, 2.05) is 0 Å². The summed E-state index contributed by atoms with van der Waals surface area (Å²) in [6, 6.07) is 15.3. The Balaban J connectivity index is 1.79. The number of phenolic OH excluding ortho intramolecular Hbond substituents is 1. The quantitative estimate of drug-likeness (QED) is 0.0349. The maximum absolute atomic E-state index is 11.3. The highest BCUT2D eigenvalue weighted by Gasteiger charge is 2.17. The smallest absolute Gasteiger partial charge is 0.335 e. The highest BCUT2D eigenvalue weighted by molar-refractivity contribution is 7.94. The maximum Gasteiger partial charge on any atom is 0.335 e. The molecule has 13 nitrogen and oxygen atoms in total. The van der Waals surface area contributed by atoms with Crippen LogP contribution >= 0.6 is 12.0 Å². The van der Waals surface area contributed by atoms with E-state index in [1.54, 1.807) is 43.3 Å². The lowest BCUT2D eigenvalue weighted by molar-refractivity contribution is -0.432. The number of terminal acetylenes is 1. The summed E-state index contributed by atoms with van der Waals surface area (Å²) in [5.74, 6) is -1.07. The van der Waals surface area contributed by atoms with Crippen molar-refractivity contribution in [3.63, 3.8) is 0 Å². The summed E-state index contributed by atoms with van der Waals surface area (Å²) < 4.78 is 15.5. The fraction of sp³-hybridized carbons (Fsp3) is 0.0741. The number of benzene rings is 4. The van der Waals surface area contributed by atoms with Gasteiger partial charge in [-0.25, -0.2) is 10.1 Å². The van der Waals surface area contributed by atoms with Gasteiger partial charge >= 0.3 is 5.97 Å². The number of anilines is 1. The Morgan fingerprint density at radius 2 is 1.78 bits per heavy atom. The molecule has 0 spiro atoms. The molecule has 0 saturated carbocycles. The van der Waals surface area contributed by atoms with Gasteiger partial charge in [0.25, 0.3) is 0 Å². The van der Waals surface area contributed by atoms with Gasteiger partial charge in [-0.15, -0.1) is 19.7 Å². The number of rotatable bonds is 11. The maximum atomic E-state index is 11.3. The minimum absolute atomic E-state index is 0.0307. The predicted octanol–water partition coefficient (Wildman–Crippen LogP) is 7.45. The van der Waals surface area contributed by atoms with Gasteiger partial charge in [0.15, 0.2) is 11.5 Å². The van der Waals surface area contributed by atoms with Crippen molar-refractivity contribution in [2.24, 2.45) is 20.5 Å². The van der Waals surface area contributed by atoms with E-state index in [9.17, 15) is 15.0 Å². The summed E-state index contributed by atoms with van der Waals surface area (Å²) in [7, 11) is 0. The van der Waals surface area contributed by atoms with Crippen molar-refractivity contribution in [1.29, 1.82) is 0 Å². The lowest BCUT2D eigenvalue weighted by Crippen LogP contribution is -1.94. The number of ether oxygens (including phenoxy) is 2. The number of hydrogen-bond acceptors (Lipinski definition) is 13. The Hall–Kier alpha value is -5.20. The van der Waals surface area contributed by atoms with Crippen LogP contribution in [0.15, 0.2) is 86.0 Å². The van der Waals surface area contributed by atoms with Crippen molar-refractivity contribution >= 4 is 57.2 Å². The van der Waals surface area contributed by atoms with Gasteiger partial charge in [0.2, 0.25) is 0 Å². The van der Waals surface area contributed by atoms with E-state index in [0.717, 1.165) is 0 Å². The van der Waals surface area contributed by atoms with Gasteiger partial charge in [-0.05, 0) is 48.7 Å². The van der Waals surface area contributed by atoms with Gasteiger partial charge < -0.3 is 25.4 Å². The molecule has 0 unspecified atom stereocenters. The van der Waals surface area contributed by atoms with E-state index in [-0.39, 0.29) is 51.4 Å². The lowest BCUT2D eigenvalue weighted by atomic mass is 10.1. The van der Waals surface area contributed by atoms with Crippen molar-refractivity contribution in [3.8, 4) is 29.8 Å². The van der Waals surface area contributed by atoms with Crippen LogP contribution in [-0.4, -0.2) is 28.0 Å². The Bertz CT molecular complexity index is 1700. The summed E-state index contributed by atoms with van der Waals surface area (Å²) in [6.07, 6.45) is 7.44. The van der Waals surface area contributed by atoms with E-state index in [0.29, 0.717) is 34.2 Å². The molecule has 4 aromatic carbocycles. The topological polar surface area (TPSA) is 190 Å². The number of carboxylic acid groups (broad SMARTS) is 1. The molecule has 0 bridgehead atoms. The molecule has 5 N–H and O–H groups in total. The summed E-state index contributed by atoms with van der Waals surface area (Å²) in [6.45, 7) is 2.02. The third kappa shape index (κ3) is 6.87. The van der Waals surface area contributed by atoms with E-state index in [1.165, 1.54) is 24.3 Å². The summed E-state index contributed by atoms with van der Waals surface area (Å²) >= 11 is 0.581. The molecule has 0 aliphatic carbocycles. The molecule has 208 valence electrons. The van der Waals surface area contributed by atoms with Crippen LogP contribution in [-0.2, 0) is 9.37 Å². The van der Waals surface area contributed by atoms with Crippen LogP contribution in [0.2, 0.25) is 0 Å². The Morgan fingerprint density at radius 3 is 2.51 bits per heavy atom. The monoisotopic (exact) mass is 575 g/mol. The molecule has 0 heterocycles. The lowest BCUT2D eigenvalue weighted by Gasteiger charge is -2.11. The van der Waals surface area contributed by atoms with Crippen LogP contribution in [0.4, 0.5) is 28.4 Å². The van der Waals surface area contributed by atoms with Gasteiger partial charge in [-0.1, -0.05) is 23.6 Å². The first-order valence-corrected chi connectivity index (χ1v) is 12.4. The Morgan fingerprint density at radius 1 is 1.02 bits per heavy atom. The van der Waals surface area contributed by atoms with Crippen molar-refractivity contribution in [2.75, 3.05) is 12.3 Å². The number of aromatic hydroxyl groups is 1. The molecular weight excluding hydrogens is 554 g/mol. The minimum atomic E-state index is -1.10. The van der Waals surface area contributed by atoms with Gasteiger partial charge in [-0.2, -0.15) is 5.11 Å². The number of hydrogen-bond donors (Lipinski definition) is 4. The van der Waals surface area contributed by atoms with E-state index >= 15 is 0 Å². The van der Waals surface area contributed by atoms with Crippen LogP contribution in [0, 0.1) is 12.5 Å². The Kier molecular flexibility index (Phi) is 9.30. The molecule has 0 radical (unpaired) electrons. The predicted molar refractivity (Wildman–Crippen MR) is 150 cm³/mol. The van der Waals surface area contributed by atoms with Gasteiger partial charge in [0, 0.05) is 23.2 Å². The van der Waals surface area contributed by atoms with Crippen molar-refractivity contribution in [2.45, 2.75) is 11.8 Å². The van der Waals surface area contributed by atoms with Crippen molar-refractivity contribution in [1.82, 2.24) is 0 Å². The Labute approximate surface area is 236 Å². The van der Waals surface area contributed by atoms with Crippen LogP contribution in [0.25, 0.3) is 10.8 Å². The summed E-state index contributed by atoms with van der Waals surface area (Å²) in [5, 5.41) is 50.2. The molecule has 0 aliphatic heterocycles. The van der Waals surface area contributed by atoms with Crippen LogP contribution in [0.5, 0.6) is 17.2 Å². The number of azo groups is 2. The van der Waals surface area contributed by atoms with Crippen molar-refractivity contribution < 1.29 is 39.1 Å². The van der Waals surface area contributed by atoms with Crippen molar-refractivity contribution in [3.05, 3.63) is 66.2 Å². The third-order valence-corrected chi connectivity index (χ3v) is 5.98. The highest BCUT2D eigenvalue weighted by Crippen LogP contribution is 2.46. The second-order valence-electron chi connectivity index (χ2n) is 7.97. The molecule has 4 aromatic rings. The SMILES string of the molecule is C#COc1cc(N=Nc2cccc(C(=O)O)c2)c(OCC)cc1N=Nc1c(SOOO)cc2ccc(N)cc2c1O. The first kappa shape index (κ1) is 28.8. The summed E-state index contributed by atoms with van der Waals surface area (Å²) in [4.78, 5) is 11.5. The molecule has 14 heteroatoms. The van der Waals surface area contributed by atoms with Gasteiger partial charge in [0.1, 0.15) is 28.9 Å². The molecule has 4 rings (SSSR count). The molecular formula is C27H21N5O8S. The zero-order valence-electron chi connectivity index (χ0n) is 21.2. The second-order valence-corrected chi connectivity index (χ2v) is 8.72. The van der Waals surface area contributed by atoms with E-state index in [4.69, 9.17) is 26.9 Å². The number of nitrogens with two attached hydrogens (primary N) is 1. The molecule has 0 atom stereocenters. The number of phenols is 1. The number of fused-ring (bicyclic) bond motifs is 1. The number of carboxylic acids is 1. The van der Waals surface area contributed by atoms with E-state index in [2.05, 4.69) is 35.9 Å². The summed E-state index contributed by atoms with van der Waals surface area (Å²) in [5.41, 5.74) is 6.93. The largest absolute Gasteiger partial charge is 0.505 e. The molecule has 0 amide bonds. The zero-order valence-corrected chi connectivity index (χ0v) is 22.0. The number of carbonyl (C=O) groups is 1. The normalized spacial score (nSPS) is 11.2. The van der Waals surface area contributed by atoms with Crippen LogP contribution in [0.3, 0.4) is 0 Å². The number of nitrogens with zero attached hydrogens (tertiary/aromatic N) is 4. The minimum Gasteiger partial charge on any atom is -0.505 e. The van der Waals surface area contributed by atoms with E-state index < -0.39 is 5.97 Å². The molecule has 0 aromatic heterocycles. The average Bonchev–Trinajstić information content (AvgIpc) is 2.96. The fourth-order valence-corrected chi connectivity index (χ4v) is 4.09. The first-order chi connectivity index (χ1) is 19.8. The molecule has 41 heavy (non-hydrogen) atoms. The number of nitrogen functional groups attached to an aromatic ring is 1. The number of aromatic carboxylic acids is 1. The van der Waals surface area contributed by atoms with Crippen LogP contribution in [0.1, 0.15) is 17.3 Å². The zero-order chi connectivity index (χ0) is 29.4.